The van der Waals surface area contributed by atoms with Crippen molar-refractivity contribution in [1.82, 2.24) is 0 Å². The van der Waals surface area contributed by atoms with Gasteiger partial charge >= 0.3 is 0 Å². The van der Waals surface area contributed by atoms with Crippen molar-refractivity contribution < 1.29 is 0 Å². The van der Waals surface area contributed by atoms with E-state index in [9.17, 15) is 0 Å². The van der Waals surface area contributed by atoms with Crippen LogP contribution in [0.2, 0.25) is 0 Å². The summed E-state index contributed by atoms with van der Waals surface area (Å²) in [5.41, 5.74) is 1.32. The monoisotopic (exact) mass is 589 g/mol. The van der Waals surface area contributed by atoms with E-state index < -0.39 is 0 Å². The fourth-order valence-corrected chi connectivity index (χ4v) is 2.94. The predicted octanol–water partition coefficient (Wildman–Crippen LogP) is 17.8. The van der Waals surface area contributed by atoms with Crippen molar-refractivity contribution in [3.05, 3.63) is 25.3 Å². The summed E-state index contributed by atoms with van der Waals surface area (Å²) in [6, 6.07) is 0. The van der Waals surface area contributed by atoms with Crippen LogP contribution in [-0.4, -0.2) is 0 Å². The highest BCUT2D eigenvalue weighted by atomic mass is 13.9. The summed E-state index contributed by atoms with van der Waals surface area (Å²) in [5.74, 6) is 0. The van der Waals surface area contributed by atoms with Crippen LogP contribution in [-0.2, 0) is 0 Å². The molecule has 260 valence electrons. The lowest BCUT2D eigenvalue weighted by Gasteiger charge is -1.94. The van der Waals surface area contributed by atoms with Gasteiger partial charge in [0.25, 0.3) is 0 Å². The molecule has 0 rings (SSSR count). The highest BCUT2D eigenvalue weighted by Gasteiger charge is 1.84. The Morgan fingerprint density at radius 2 is 0.512 bits per heavy atom. The van der Waals surface area contributed by atoms with Crippen LogP contribution in [0.4, 0.5) is 0 Å². The second-order valence-electron chi connectivity index (χ2n) is 10.2. The maximum atomic E-state index is 3.83. The van der Waals surface area contributed by atoms with Crippen molar-refractivity contribution in [2.45, 2.75) is 246 Å². The molecule has 0 nitrogen and oxygen atoms in total. The molecule has 0 radical (unpaired) electrons. The third-order valence-corrected chi connectivity index (χ3v) is 5.49. The van der Waals surface area contributed by atoms with Crippen LogP contribution < -0.4 is 0 Å². The molecule has 0 aromatic heterocycles. The third kappa shape index (κ3) is 182. The van der Waals surface area contributed by atoms with E-state index in [0.717, 1.165) is 0 Å². The Morgan fingerprint density at radius 3 is 0.634 bits per heavy atom. The van der Waals surface area contributed by atoms with Crippen LogP contribution in [0.1, 0.15) is 246 Å². The summed E-state index contributed by atoms with van der Waals surface area (Å²) in [7, 11) is 0. The Balaban J connectivity index is -0.0000000421. The fourth-order valence-electron chi connectivity index (χ4n) is 2.94. The van der Waals surface area contributed by atoms with Gasteiger partial charge in [0.05, 0.1) is 0 Å². The maximum absolute atomic E-state index is 3.83. The molecule has 0 saturated heterocycles. The Labute approximate surface area is 270 Å². The Morgan fingerprint density at radius 1 is 0.341 bits per heavy atom. The first kappa shape index (κ1) is 63.7. The van der Waals surface area contributed by atoms with Gasteiger partial charge in [-0.1, -0.05) is 231 Å². The van der Waals surface area contributed by atoms with E-state index in [1.165, 1.54) is 147 Å². The number of allylic oxidation sites excluding steroid dienone is 1. The molecule has 41 heavy (non-hydrogen) atoms. The van der Waals surface area contributed by atoms with Crippen molar-refractivity contribution >= 4 is 0 Å². The van der Waals surface area contributed by atoms with Gasteiger partial charge in [0.15, 0.2) is 0 Å². The van der Waals surface area contributed by atoms with E-state index in [0.29, 0.717) is 0 Å². The van der Waals surface area contributed by atoms with Crippen molar-refractivity contribution in [2.75, 3.05) is 0 Å². The molecule has 0 spiro atoms. The standard InChI is InChI=1S/C8H16.C8H18.4C5H12.C2H6.C2H4.CH4/c1-4-5-6-7-8(2)3;1-3-5-7-8-6-4-2;4*1-3-5-4-2;2*1-2;/h2,4-7H2,1,3H3;3-8H2,1-2H3;4*3-5H2,1-2H3;1-2H3;1-2H2;1H4. The van der Waals surface area contributed by atoms with Gasteiger partial charge in [-0.25, -0.2) is 0 Å². The molecule has 0 aliphatic rings. The molecular formula is C41H96. The summed E-state index contributed by atoms with van der Waals surface area (Å²) in [6.45, 7) is 40.3. The third-order valence-electron chi connectivity index (χ3n) is 5.49. The van der Waals surface area contributed by atoms with Gasteiger partial charge in [0.1, 0.15) is 0 Å². The summed E-state index contributed by atoms with van der Waals surface area (Å²) in [4.78, 5) is 0. The smallest absolute Gasteiger partial charge is 0.0326 e. The quantitative estimate of drug-likeness (QED) is 0.117. The molecule has 0 bridgehead atoms. The van der Waals surface area contributed by atoms with Gasteiger partial charge < -0.3 is 0 Å². The second-order valence-corrected chi connectivity index (χ2v) is 10.2. The highest BCUT2D eigenvalue weighted by molar-refractivity contribution is 4.86. The Hall–Kier alpha value is -0.520. The van der Waals surface area contributed by atoms with Crippen molar-refractivity contribution in [3.8, 4) is 0 Å². The van der Waals surface area contributed by atoms with Crippen molar-refractivity contribution in [3.63, 3.8) is 0 Å². The average molecular weight is 589 g/mol. The summed E-state index contributed by atoms with van der Waals surface area (Å²) in [5, 5.41) is 0. The first-order valence-corrected chi connectivity index (χ1v) is 18.5. The zero-order chi connectivity index (χ0) is 33.1. The molecule has 0 heterocycles. The molecule has 0 aromatic carbocycles. The highest BCUT2D eigenvalue weighted by Crippen LogP contribution is 2.05. The zero-order valence-electron chi connectivity index (χ0n) is 32.2. The molecule has 0 N–H and O–H groups in total. The van der Waals surface area contributed by atoms with Gasteiger partial charge in [0, 0.05) is 0 Å². The molecule has 0 saturated carbocycles. The molecule has 0 amide bonds. The summed E-state index contributed by atoms with van der Waals surface area (Å²) < 4.78 is 0. The lowest BCUT2D eigenvalue weighted by molar-refractivity contribution is 0.624. The van der Waals surface area contributed by atoms with Gasteiger partial charge in [-0.3, -0.25) is 0 Å². The normalized spacial score (nSPS) is 8.05. The van der Waals surface area contributed by atoms with Gasteiger partial charge in [-0.15, -0.1) is 19.7 Å². The average Bonchev–Trinajstić information content (AvgIpc) is 2.97. The lowest BCUT2D eigenvalue weighted by Crippen LogP contribution is -1.74. The largest absolute Gasteiger partial charge is 0.106 e. The van der Waals surface area contributed by atoms with Crippen LogP contribution in [0, 0.1) is 0 Å². The van der Waals surface area contributed by atoms with E-state index in [4.69, 9.17) is 0 Å². The van der Waals surface area contributed by atoms with E-state index in [-0.39, 0.29) is 7.43 Å². The molecule has 0 aromatic rings. The molecule has 0 fully saturated rings. The number of rotatable bonds is 17. The van der Waals surface area contributed by atoms with Crippen LogP contribution in [0.5, 0.6) is 0 Å². The molecule has 0 unspecified atom stereocenters. The minimum atomic E-state index is 0. The van der Waals surface area contributed by atoms with Gasteiger partial charge in [-0.05, 0) is 19.8 Å². The maximum Gasteiger partial charge on any atom is -0.0326 e. The summed E-state index contributed by atoms with van der Waals surface area (Å²) >= 11 is 0. The van der Waals surface area contributed by atoms with Crippen LogP contribution >= 0.6 is 0 Å². The first-order valence-electron chi connectivity index (χ1n) is 18.5. The van der Waals surface area contributed by atoms with Crippen LogP contribution in [0.15, 0.2) is 25.3 Å². The number of unbranched alkanes of at least 4 members (excludes halogenated alkanes) is 15. The molecule has 0 aliphatic heterocycles. The molecule has 0 aliphatic carbocycles. The van der Waals surface area contributed by atoms with E-state index in [2.05, 4.69) is 103 Å². The Kier molecular flexibility index (Phi) is 151. The molecule has 0 heteroatoms. The topological polar surface area (TPSA) is 0 Å². The zero-order valence-corrected chi connectivity index (χ0v) is 32.2. The van der Waals surface area contributed by atoms with Gasteiger partial charge in [0.2, 0.25) is 0 Å². The van der Waals surface area contributed by atoms with Crippen molar-refractivity contribution in [1.29, 1.82) is 0 Å². The Bertz CT molecular complexity index is 240. The minimum Gasteiger partial charge on any atom is -0.106 e. The SMILES string of the molecule is C.C=C.C=C(C)CCCCC.CC.CCCCC.CCCCC.CCCCC.CCCCC.CCCCCCCC. The van der Waals surface area contributed by atoms with Crippen LogP contribution in [0.3, 0.4) is 0 Å². The van der Waals surface area contributed by atoms with E-state index in [1.54, 1.807) is 0 Å². The van der Waals surface area contributed by atoms with Crippen molar-refractivity contribution in [2.24, 2.45) is 0 Å². The predicted molar refractivity (Wildman–Crippen MR) is 208 cm³/mol. The fraction of sp³-hybridized carbons (Fsp3) is 0.902. The number of hydrogen-bond acceptors (Lipinski definition) is 0. The molecule has 0 atom stereocenters. The summed E-state index contributed by atoms with van der Waals surface area (Å²) in [6.07, 6.45) is 30.0. The lowest BCUT2D eigenvalue weighted by atomic mass is 10.1. The number of hydrogen-bond donors (Lipinski definition) is 0. The van der Waals surface area contributed by atoms with Gasteiger partial charge in [-0.2, -0.15) is 0 Å². The first-order chi connectivity index (χ1) is 19.3. The van der Waals surface area contributed by atoms with E-state index in [1.807, 2.05) is 13.8 Å². The van der Waals surface area contributed by atoms with Crippen LogP contribution in [0.25, 0.3) is 0 Å². The molecular weight excluding hydrogens is 492 g/mol. The van der Waals surface area contributed by atoms with E-state index >= 15 is 0 Å². The second kappa shape index (κ2) is 97.5. The minimum absolute atomic E-state index is 0.